The molecule has 0 aromatic heterocycles. The fourth-order valence-corrected chi connectivity index (χ4v) is 3.45. The van der Waals surface area contributed by atoms with Crippen molar-refractivity contribution < 1.29 is 4.74 Å². The van der Waals surface area contributed by atoms with Gasteiger partial charge in [-0.15, -0.1) is 0 Å². The van der Waals surface area contributed by atoms with E-state index in [-0.39, 0.29) is 0 Å². The highest BCUT2D eigenvalue weighted by Crippen LogP contribution is 2.32. The third kappa shape index (κ3) is 2.96. The zero-order chi connectivity index (χ0) is 14.8. The molecule has 0 spiro atoms. The molecule has 1 N–H and O–H groups in total. The number of hydrogen-bond donors (Lipinski definition) is 1. The van der Waals surface area contributed by atoms with Gasteiger partial charge in [-0.1, -0.05) is 41.5 Å². The Balaban J connectivity index is 1.92. The molecule has 0 saturated heterocycles. The van der Waals surface area contributed by atoms with E-state index in [0.717, 1.165) is 25.1 Å². The first kappa shape index (κ1) is 14.2. The average Bonchev–Trinajstić information content (AvgIpc) is 2.46. The standard InChI is InChI=1S/C19H23NO/c1-13-9-14(2)11-15(10-13)12-18-16-5-4-6-19(21-3)17(16)7-8-20-18/h4-6,9-11,18,20H,7-8,12H2,1-3H3. The first-order valence-corrected chi connectivity index (χ1v) is 7.63. The Morgan fingerprint density at radius 2 is 1.90 bits per heavy atom. The van der Waals surface area contributed by atoms with Gasteiger partial charge in [0.25, 0.3) is 0 Å². The van der Waals surface area contributed by atoms with E-state index in [0.29, 0.717) is 6.04 Å². The quantitative estimate of drug-likeness (QED) is 0.925. The number of hydrogen-bond acceptors (Lipinski definition) is 2. The van der Waals surface area contributed by atoms with Gasteiger partial charge in [-0.25, -0.2) is 0 Å². The summed E-state index contributed by atoms with van der Waals surface area (Å²) in [5.74, 6) is 1.03. The molecule has 2 aromatic carbocycles. The number of ether oxygens (including phenoxy) is 1. The molecule has 21 heavy (non-hydrogen) atoms. The van der Waals surface area contributed by atoms with Gasteiger partial charge in [-0.05, 0) is 50.4 Å². The third-order valence-electron chi connectivity index (χ3n) is 4.25. The summed E-state index contributed by atoms with van der Waals surface area (Å²) in [6.07, 6.45) is 2.07. The molecule has 1 atom stereocenters. The normalized spacial score (nSPS) is 17.4. The summed E-state index contributed by atoms with van der Waals surface area (Å²) in [4.78, 5) is 0. The Morgan fingerprint density at radius 3 is 2.62 bits per heavy atom. The van der Waals surface area contributed by atoms with E-state index in [1.54, 1.807) is 7.11 Å². The Kier molecular flexibility index (Phi) is 3.98. The lowest BCUT2D eigenvalue weighted by atomic mass is 9.89. The van der Waals surface area contributed by atoms with Crippen LogP contribution in [-0.2, 0) is 12.8 Å². The molecule has 3 rings (SSSR count). The largest absolute Gasteiger partial charge is 0.496 e. The molecule has 110 valence electrons. The van der Waals surface area contributed by atoms with Gasteiger partial charge in [0.2, 0.25) is 0 Å². The van der Waals surface area contributed by atoms with E-state index in [4.69, 9.17) is 4.74 Å². The maximum atomic E-state index is 5.52. The summed E-state index contributed by atoms with van der Waals surface area (Å²) in [5.41, 5.74) is 6.84. The van der Waals surface area contributed by atoms with Crippen LogP contribution in [0.4, 0.5) is 0 Å². The van der Waals surface area contributed by atoms with Crippen molar-refractivity contribution in [3.8, 4) is 5.75 Å². The summed E-state index contributed by atoms with van der Waals surface area (Å²) < 4.78 is 5.52. The van der Waals surface area contributed by atoms with Crippen LogP contribution in [-0.4, -0.2) is 13.7 Å². The fourth-order valence-electron chi connectivity index (χ4n) is 3.45. The fraction of sp³-hybridized carbons (Fsp3) is 0.368. The van der Waals surface area contributed by atoms with Gasteiger partial charge in [-0.3, -0.25) is 0 Å². The van der Waals surface area contributed by atoms with Gasteiger partial charge in [0.1, 0.15) is 5.75 Å². The minimum absolute atomic E-state index is 0.380. The molecule has 0 fully saturated rings. The van der Waals surface area contributed by atoms with Gasteiger partial charge < -0.3 is 10.1 Å². The molecule has 1 heterocycles. The van der Waals surface area contributed by atoms with Crippen molar-refractivity contribution >= 4 is 0 Å². The predicted molar refractivity (Wildman–Crippen MR) is 87.1 cm³/mol. The second kappa shape index (κ2) is 5.90. The molecule has 0 amide bonds. The smallest absolute Gasteiger partial charge is 0.122 e. The first-order chi connectivity index (χ1) is 10.2. The molecular weight excluding hydrogens is 258 g/mol. The second-order valence-corrected chi connectivity index (χ2v) is 5.98. The molecule has 0 saturated carbocycles. The summed E-state index contributed by atoms with van der Waals surface area (Å²) in [5, 5.41) is 3.66. The van der Waals surface area contributed by atoms with Crippen LogP contribution in [0.5, 0.6) is 5.75 Å². The second-order valence-electron chi connectivity index (χ2n) is 5.98. The minimum Gasteiger partial charge on any atom is -0.496 e. The molecular formula is C19H23NO. The number of fused-ring (bicyclic) bond motifs is 1. The molecule has 2 heteroatoms. The molecule has 1 aliphatic heterocycles. The summed E-state index contributed by atoms with van der Waals surface area (Å²) in [6, 6.07) is 13.6. The van der Waals surface area contributed by atoms with Crippen LogP contribution in [0, 0.1) is 13.8 Å². The molecule has 2 nitrogen and oxygen atoms in total. The van der Waals surface area contributed by atoms with Crippen molar-refractivity contribution in [2.24, 2.45) is 0 Å². The zero-order valence-electron chi connectivity index (χ0n) is 13.1. The number of aryl methyl sites for hydroxylation is 2. The predicted octanol–water partition coefficient (Wildman–Crippen LogP) is 3.74. The van der Waals surface area contributed by atoms with Gasteiger partial charge >= 0.3 is 0 Å². The van der Waals surface area contributed by atoms with Crippen LogP contribution >= 0.6 is 0 Å². The van der Waals surface area contributed by atoms with E-state index in [1.165, 1.54) is 27.8 Å². The van der Waals surface area contributed by atoms with E-state index in [9.17, 15) is 0 Å². The van der Waals surface area contributed by atoms with Crippen molar-refractivity contribution in [2.45, 2.75) is 32.7 Å². The molecule has 2 aromatic rings. The van der Waals surface area contributed by atoms with Crippen LogP contribution in [0.15, 0.2) is 36.4 Å². The Hall–Kier alpha value is -1.80. The Morgan fingerprint density at radius 1 is 1.14 bits per heavy atom. The molecule has 1 aliphatic rings. The van der Waals surface area contributed by atoms with E-state index >= 15 is 0 Å². The van der Waals surface area contributed by atoms with Crippen molar-refractivity contribution in [1.82, 2.24) is 5.32 Å². The minimum atomic E-state index is 0.380. The van der Waals surface area contributed by atoms with Gasteiger partial charge in [0.05, 0.1) is 7.11 Å². The third-order valence-corrected chi connectivity index (χ3v) is 4.25. The van der Waals surface area contributed by atoms with E-state index in [1.807, 2.05) is 0 Å². The molecule has 0 aliphatic carbocycles. The van der Waals surface area contributed by atoms with E-state index in [2.05, 4.69) is 55.6 Å². The van der Waals surface area contributed by atoms with Crippen molar-refractivity contribution in [3.63, 3.8) is 0 Å². The Bertz CT molecular complexity index is 628. The van der Waals surface area contributed by atoms with Crippen LogP contribution < -0.4 is 10.1 Å². The lowest BCUT2D eigenvalue weighted by molar-refractivity contribution is 0.400. The molecule has 0 radical (unpaired) electrons. The monoisotopic (exact) mass is 281 g/mol. The maximum Gasteiger partial charge on any atom is 0.122 e. The van der Waals surface area contributed by atoms with Crippen molar-refractivity contribution in [2.75, 3.05) is 13.7 Å². The number of benzene rings is 2. The average molecular weight is 281 g/mol. The lowest BCUT2D eigenvalue weighted by Crippen LogP contribution is -2.31. The van der Waals surface area contributed by atoms with Crippen LogP contribution in [0.25, 0.3) is 0 Å². The first-order valence-electron chi connectivity index (χ1n) is 7.63. The van der Waals surface area contributed by atoms with Crippen LogP contribution in [0.3, 0.4) is 0 Å². The number of methoxy groups -OCH3 is 1. The summed E-state index contributed by atoms with van der Waals surface area (Å²) >= 11 is 0. The molecule has 0 bridgehead atoms. The summed E-state index contributed by atoms with van der Waals surface area (Å²) in [7, 11) is 1.76. The lowest BCUT2D eigenvalue weighted by Gasteiger charge is -2.28. The van der Waals surface area contributed by atoms with Gasteiger partial charge in [0.15, 0.2) is 0 Å². The number of rotatable bonds is 3. The zero-order valence-corrected chi connectivity index (χ0v) is 13.1. The summed E-state index contributed by atoms with van der Waals surface area (Å²) in [6.45, 7) is 5.35. The highest BCUT2D eigenvalue weighted by atomic mass is 16.5. The maximum absolute atomic E-state index is 5.52. The van der Waals surface area contributed by atoms with Crippen molar-refractivity contribution in [1.29, 1.82) is 0 Å². The highest BCUT2D eigenvalue weighted by molar-refractivity contribution is 5.44. The Labute approximate surface area is 127 Å². The number of nitrogens with one attached hydrogen (secondary N) is 1. The van der Waals surface area contributed by atoms with Crippen molar-refractivity contribution in [3.05, 3.63) is 64.2 Å². The highest BCUT2D eigenvalue weighted by Gasteiger charge is 2.22. The van der Waals surface area contributed by atoms with E-state index < -0.39 is 0 Å². The SMILES string of the molecule is COc1cccc2c1CCNC2Cc1cc(C)cc(C)c1. The topological polar surface area (TPSA) is 21.3 Å². The van der Waals surface area contributed by atoms with Gasteiger partial charge in [-0.2, -0.15) is 0 Å². The van der Waals surface area contributed by atoms with Crippen LogP contribution in [0.2, 0.25) is 0 Å². The van der Waals surface area contributed by atoms with Gasteiger partial charge in [0, 0.05) is 11.6 Å². The van der Waals surface area contributed by atoms with Crippen LogP contribution in [0.1, 0.15) is 33.9 Å². The molecule has 1 unspecified atom stereocenters.